The van der Waals surface area contributed by atoms with E-state index in [0.29, 0.717) is 66.1 Å². The number of primary amides is 1. The van der Waals surface area contributed by atoms with Crippen LogP contribution in [0.2, 0.25) is 0 Å². The number of hydrogen-bond donors (Lipinski definition) is 2. The average Bonchev–Trinajstić information content (AvgIpc) is 3.37. The number of amides is 2. The maximum absolute atomic E-state index is 13.0. The van der Waals surface area contributed by atoms with Crippen molar-refractivity contribution in [2.24, 2.45) is 5.73 Å². The number of nitrogens with one attached hydrogen (secondary N) is 1. The second kappa shape index (κ2) is 10.8. The monoisotopic (exact) mass is 529 g/mol. The standard InChI is InChI=1S/C26H35N5O5S/c27-24(34)26(30-10-4-2-5-11-30)8-13-29(14-9-26)22(32)7-3-1-6-12-31-23(33)18-15-20-21(36-17-35-20)16-19(18)28-25(31)37/h15-16H,1-14,17H2,(H2,27,34)(H,28,37). The first-order valence-corrected chi connectivity index (χ1v) is 13.7. The number of unbranched alkanes of at least 4 members (excludes halogenated alkanes) is 2. The fourth-order valence-electron chi connectivity index (χ4n) is 5.89. The van der Waals surface area contributed by atoms with E-state index in [1.165, 1.54) is 6.42 Å². The number of hydrogen-bond acceptors (Lipinski definition) is 7. The molecular formula is C26H35N5O5S. The molecule has 0 radical (unpaired) electrons. The molecule has 2 aromatic rings. The minimum absolute atomic E-state index is 0.118. The van der Waals surface area contributed by atoms with Crippen LogP contribution in [-0.4, -0.2) is 69.7 Å². The number of nitrogens with zero attached hydrogens (tertiary/aromatic N) is 3. The highest BCUT2D eigenvalue weighted by molar-refractivity contribution is 7.71. The Morgan fingerprint density at radius 3 is 2.41 bits per heavy atom. The summed E-state index contributed by atoms with van der Waals surface area (Å²) in [6.45, 7) is 3.57. The first kappa shape index (κ1) is 25.7. The number of piperidine rings is 2. The molecule has 0 spiro atoms. The van der Waals surface area contributed by atoms with E-state index in [2.05, 4.69) is 9.88 Å². The summed E-state index contributed by atoms with van der Waals surface area (Å²) in [5.74, 6) is 1.02. The molecule has 0 atom stereocenters. The van der Waals surface area contributed by atoms with E-state index in [1.807, 2.05) is 4.90 Å². The van der Waals surface area contributed by atoms with Crippen molar-refractivity contribution in [1.82, 2.24) is 19.4 Å². The van der Waals surface area contributed by atoms with E-state index in [9.17, 15) is 14.4 Å². The molecule has 3 aliphatic rings. The number of ether oxygens (including phenoxy) is 2. The maximum atomic E-state index is 13.0. The Bertz CT molecular complexity index is 1290. The smallest absolute Gasteiger partial charge is 0.262 e. The van der Waals surface area contributed by atoms with Crippen LogP contribution in [0.1, 0.15) is 57.8 Å². The number of aromatic nitrogens is 2. The molecule has 2 fully saturated rings. The second-order valence-corrected chi connectivity index (χ2v) is 10.7. The van der Waals surface area contributed by atoms with Crippen molar-refractivity contribution >= 4 is 34.9 Å². The van der Waals surface area contributed by atoms with Crippen molar-refractivity contribution in [1.29, 1.82) is 0 Å². The number of nitrogens with two attached hydrogens (primary N) is 1. The van der Waals surface area contributed by atoms with Crippen LogP contribution in [0.5, 0.6) is 11.5 Å². The zero-order chi connectivity index (χ0) is 26.0. The van der Waals surface area contributed by atoms with Crippen LogP contribution >= 0.6 is 12.2 Å². The number of aromatic amines is 1. The van der Waals surface area contributed by atoms with Crippen LogP contribution in [0.25, 0.3) is 10.9 Å². The number of carbonyl (C=O) groups excluding carboxylic acids is 2. The highest BCUT2D eigenvalue weighted by Gasteiger charge is 2.45. The number of benzene rings is 1. The van der Waals surface area contributed by atoms with Gasteiger partial charge in [-0.15, -0.1) is 0 Å². The summed E-state index contributed by atoms with van der Waals surface area (Å²) in [5, 5.41) is 0.509. The van der Waals surface area contributed by atoms with E-state index >= 15 is 0 Å². The van der Waals surface area contributed by atoms with Gasteiger partial charge in [0.1, 0.15) is 5.54 Å². The largest absolute Gasteiger partial charge is 0.454 e. The van der Waals surface area contributed by atoms with Crippen molar-refractivity contribution in [3.05, 3.63) is 27.3 Å². The van der Waals surface area contributed by atoms with Crippen LogP contribution < -0.4 is 20.8 Å². The third kappa shape index (κ3) is 5.11. The van der Waals surface area contributed by atoms with E-state index in [4.69, 9.17) is 27.4 Å². The van der Waals surface area contributed by atoms with E-state index in [1.54, 1.807) is 16.7 Å². The van der Waals surface area contributed by atoms with Crippen LogP contribution in [-0.2, 0) is 16.1 Å². The molecule has 2 amide bonds. The third-order valence-corrected chi connectivity index (χ3v) is 8.43. The topological polar surface area (TPSA) is 123 Å². The van der Waals surface area contributed by atoms with Gasteiger partial charge in [0, 0.05) is 32.1 Å². The predicted molar refractivity (Wildman–Crippen MR) is 141 cm³/mol. The van der Waals surface area contributed by atoms with Crippen molar-refractivity contribution < 1.29 is 19.1 Å². The molecule has 3 aliphatic heterocycles. The Balaban J connectivity index is 1.11. The highest BCUT2D eigenvalue weighted by Crippen LogP contribution is 2.34. The van der Waals surface area contributed by atoms with Crippen LogP contribution in [0.15, 0.2) is 16.9 Å². The van der Waals surface area contributed by atoms with Crippen molar-refractivity contribution in [2.45, 2.75) is 69.9 Å². The number of carbonyl (C=O) groups is 2. The molecule has 37 heavy (non-hydrogen) atoms. The van der Waals surface area contributed by atoms with Crippen LogP contribution in [0.4, 0.5) is 0 Å². The number of fused-ring (bicyclic) bond motifs is 2. The molecule has 2 saturated heterocycles. The molecule has 10 nitrogen and oxygen atoms in total. The van der Waals surface area contributed by atoms with Crippen LogP contribution in [0, 0.1) is 4.77 Å². The molecule has 5 rings (SSSR count). The Morgan fingerprint density at radius 1 is 1.00 bits per heavy atom. The SMILES string of the molecule is NC(=O)C1(N2CCCCC2)CCN(C(=O)CCCCCn2c(=S)[nH]c3cc4c(cc3c2=O)OCO4)CC1. The highest BCUT2D eigenvalue weighted by atomic mass is 32.1. The Morgan fingerprint density at radius 2 is 1.70 bits per heavy atom. The van der Waals surface area contributed by atoms with Crippen molar-refractivity contribution in [2.75, 3.05) is 33.0 Å². The summed E-state index contributed by atoms with van der Waals surface area (Å²) in [6.07, 6.45) is 7.34. The van der Waals surface area contributed by atoms with Gasteiger partial charge in [-0.2, -0.15) is 0 Å². The zero-order valence-electron chi connectivity index (χ0n) is 21.1. The molecule has 200 valence electrons. The van der Waals surface area contributed by atoms with Gasteiger partial charge in [-0.05, 0) is 69.9 Å². The lowest BCUT2D eigenvalue weighted by Gasteiger charge is -2.48. The predicted octanol–water partition coefficient (Wildman–Crippen LogP) is 2.68. The van der Waals surface area contributed by atoms with Gasteiger partial charge in [0.15, 0.2) is 16.3 Å². The van der Waals surface area contributed by atoms with Gasteiger partial charge in [0.05, 0.1) is 10.9 Å². The zero-order valence-corrected chi connectivity index (χ0v) is 21.9. The van der Waals surface area contributed by atoms with Gasteiger partial charge in [-0.3, -0.25) is 23.9 Å². The van der Waals surface area contributed by atoms with E-state index in [0.717, 1.165) is 45.2 Å². The molecule has 0 aliphatic carbocycles. The lowest BCUT2D eigenvalue weighted by Crippen LogP contribution is -2.63. The Hall–Kier alpha value is -2.92. The molecule has 3 N–H and O–H groups in total. The van der Waals surface area contributed by atoms with Crippen LogP contribution in [0.3, 0.4) is 0 Å². The third-order valence-electron chi connectivity index (χ3n) is 8.11. The lowest BCUT2D eigenvalue weighted by atomic mass is 9.83. The Kier molecular flexibility index (Phi) is 7.52. The fraction of sp³-hybridized carbons (Fsp3) is 0.615. The normalized spacial score (nSPS) is 19.3. The lowest BCUT2D eigenvalue weighted by molar-refractivity contribution is -0.142. The van der Waals surface area contributed by atoms with E-state index in [-0.39, 0.29) is 24.2 Å². The van der Waals surface area contributed by atoms with Crippen molar-refractivity contribution in [3.8, 4) is 11.5 Å². The summed E-state index contributed by atoms with van der Waals surface area (Å²) in [7, 11) is 0. The molecule has 1 aromatic heterocycles. The van der Waals surface area contributed by atoms with Gasteiger partial charge >= 0.3 is 0 Å². The molecule has 11 heteroatoms. The van der Waals surface area contributed by atoms with Crippen molar-refractivity contribution in [3.63, 3.8) is 0 Å². The quantitative estimate of drug-likeness (QED) is 0.398. The summed E-state index contributed by atoms with van der Waals surface area (Å²) < 4.78 is 12.7. The minimum atomic E-state index is -0.609. The minimum Gasteiger partial charge on any atom is -0.454 e. The fourth-order valence-corrected chi connectivity index (χ4v) is 6.18. The van der Waals surface area contributed by atoms with Gasteiger partial charge in [0.2, 0.25) is 18.6 Å². The molecule has 1 aromatic carbocycles. The van der Waals surface area contributed by atoms with E-state index < -0.39 is 5.54 Å². The summed E-state index contributed by atoms with van der Waals surface area (Å²) in [4.78, 5) is 45.5. The molecule has 0 unspecified atom stereocenters. The van der Waals surface area contributed by atoms with Gasteiger partial charge in [-0.25, -0.2) is 0 Å². The Labute approximate surface area is 220 Å². The number of rotatable bonds is 8. The molecule has 4 heterocycles. The second-order valence-electron chi connectivity index (χ2n) is 10.3. The maximum Gasteiger partial charge on any atom is 0.262 e. The van der Waals surface area contributed by atoms with Gasteiger partial charge in [-0.1, -0.05) is 12.8 Å². The van der Waals surface area contributed by atoms with Gasteiger partial charge in [0.25, 0.3) is 5.56 Å². The number of likely N-dealkylation sites (tertiary alicyclic amines) is 2. The first-order valence-electron chi connectivity index (χ1n) is 13.3. The van der Waals surface area contributed by atoms with Gasteiger partial charge < -0.3 is 25.1 Å². The molecular weight excluding hydrogens is 494 g/mol. The average molecular weight is 530 g/mol. The summed E-state index contributed by atoms with van der Waals surface area (Å²) in [5.41, 5.74) is 5.72. The molecule has 0 bridgehead atoms. The summed E-state index contributed by atoms with van der Waals surface area (Å²) >= 11 is 5.42. The number of H-pyrrole nitrogens is 1. The molecule has 0 saturated carbocycles. The summed E-state index contributed by atoms with van der Waals surface area (Å²) in [6, 6.07) is 3.43. The first-order chi connectivity index (χ1) is 17.9.